The summed E-state index contributed by atoms with van der Waals surface area (Å²) in [6, 6.07) is 5.29. The molecule has 1 aromatic carbocycles. The van der Waals surface area contributed by atoms with Crippen LogP contribution in [0.3, 0.4) is 0 Å². The second-order valence-electron chi connectivity index (χ2n) is 17.2. The Labute approximate surface area is 337 Å². The van der Waals surface area contributed by atoms with Gasteiger partial charge >= 0.3 is 6.09 Å². The first kappa shape index (κ1) is 40.7. The zero-order valence-corrected chi connectivity index (χ0v) is 34.5. The van der Waals surface area contributed by atoms with Crippen molar-refractivity contribution in [2.24, 2.45) is 23.2 Å². The monoisotopic (exact) mass is 824 g/mol. The number of carbonyl (C=O) groups excluding carboxylic acids is 5. The van der Waals surface area contributed by atoms with Crippen molar-refractivity contribution >= 4 is 51.1 Å². The van der Waals surface area contributed by atoms with Gasteiger partial charge in [-0.3, -0.25) is 23.9 Å². The number of methoxy groups -OCH3 is 1. The van der Waals surface area contributed by atoms with Crippen molar-refractivity contribution in [3.8, 4) is 17.0 Å². The van der Waals surface area contributed by atoms with E-state index in [1.165, 1.54) is 16.2 Å². The van der Waals surface area contributed by atoms with Crippen LogP contribution in [0.15, 0.2) is 41.8 Å². The molecule has 7 rings (SSSR count). The van der Waals surface area contributed by atoms with E-state index in [-0.39, 0.29) is 54.9 Å². The van der Waals surface area contributed by atoms with E-state index in [1.807, 2.05) is 57.2 Å². The molecule has 0 radical (unpaired) electrons. The lowest BCUT2D eigenvalue weighted by Gasteiger charge is -2.33. The summed E-state index contributed by atoms with van der Waals surface area (Å²) in [4.78, 5) is 77.9. The molecule has 5 aliphatic rings. The molecule has 1 aromatic heterocycles. The molecular weight excluding hydrogens is 773 g/mol. The number of ether oxygens (including phenoxy) is 2. The molecule has 17 heteroatoms. The maximum absolute atomic E-state index is 14.7. The normalized spacial score (nSPS) is 28.5. The summed E-state index contributed by atoms with van der Waals surface area (Å²) in [5, 5.41) is 7.15. The Kier molecular flexibility index (Phi) is 11.4. The fourth-order valence-corrected chi connectivity index (χ4v) is 10.3. The number of thiazole rings is 1. The molecule has 4 heterocycles. The molecule has 15 nitrogen and oxygen atoms in total. The Bertz CT molecular complexity index is 2040. The van der Waals surface area contributed by atoms with Crippen LogP contribution in [-0.4, -0.2) is 109 Å². The van der Waals surface area contributed by atoms with E-state index in [1.54, 1.807) is 17.4 Å². The summed E-state index contributed by atoms with van der Waals surface area (Å²) in [6.07, 6.45) is 7.40. The van der Waals surface area contributed by atoms with Gasteiger partial charge in [-0.15, -0.1) is 11.3 Å². The summed E-state index contributed by atoms with van der Waals surface area (Å²) in [5.41, 5.74) is -0.404. The van der Waals surface area contributed by atoms with Gasteiger partial charge in [0.05, 0.1) is 24.7 Å². The first-order chi connectivity index (χ1) is 27.1. The minimum absolute atomic E-state index is 0.131. The summed E-state index contributed by atoms with van der Waals surface area (Å²) in [5.74, 6) is -2.75. The number of carbonyl (C=O) groups is 5. The number of sulfonamides is 1. The number of allylic oxidation sites excluding steroid dienone is 1. The van der Waals surface area contributed by atoms with Gasteiger partial charge in [0.2, 0.25) is 21.8 Å². The van der Waals surface area contributed by atoms with Crippen molar-refractivity contribution in [1.82, 2.24) is 30.1 Å². The summed E-state index contributed by atoms with van der Waals surface area (Å²) in [6.45, 7) is 6.45. The van der Waals surface area contributed by atoms with Gasteiger partial charge < -0.3 is 29.9 Å². The van der Waals surface area contributed by atoms with Crippen LogP contribution in [0.4, 0.5) is 4.79 Å². The molecule has 308 valence electrons. The van der Waals surface area contributed by atoms with Crippen LogP contribution in [0, 0.1) is 23.2 Å². The molecule has 2 saturated carbocycles. The maximum Gasteiger partial charge on any atom is 0.407 e. The molecule has 57 heavy (non-hydrogen) atoms. The molecule has 4 fully saturated rings. The van der Waals surface area contributed by atoms with Crippen LogP contribution in [-0.2, 0) is 29.1 Å². The minimum atomic E-state index is -3.91. The number of nitrogens with one attached hydrogen (secondary N) is 3. The summed E-state index contributed by atoms with van der Waals surface area (Å²) < 4.78 is 38.9. The van der Waals surface area contributed by atoms with E-state index >= 15 is 0 Å². The second-order valence-corrected chi connectivity index (χ2v) is 20.0. The Balaban J connectivity index is 1.16. The van der Waals surface area contributed by atoms with Gasteiger partial charge in [0.25, 0.3) is 11.8 Å². The van der Waals surface area contributed by atoms with Crippen LogP contribution in [0.5, 0.6) is 5.75 Å². The van der Waals surface area contributed by atoms with Gasteiger partial charge in [-0.05, 0) is 56.1 Å². The largest absolute Gasteiger partial charge is 0.497 e. The fourth-order valence-electron chi connectivity index (χ4n) is 8.12. The van der Waals surface area contributed by atoms with Crippen molar-refractivity contribution in [1.29, 1.82) is 0 Å². The zero-order chi connectivity index (χ0) is 40.7. The van der Waals surface area contributed by atoms with Crippen molar-refractivity contribution in [3.63, 3.8) is 0 Å². The van der Waals surface area contributed by atoms with E-state index in [2.05, 4.69) is 20.3 Å². The molecule has 6 atom stereocenters. The molecule has 2 aromatic rings. The topological polar surface area (TPSA) is 193 Å². The number of benzene rings is 1. The third-order valence-corrected chi connectivity index (χ3v) is 14.1. The lowest BCUT2D eigenvalue weighted by molar-refractivity contribution is -0.142. The lowest BCUT2D eigenvalue weighted by Crippen LogP contribution is -2.60. The molecule has 0 unspecified atom stereocenters. The summed E-state index contributed by atoms with van der Waals surface area (Å²) >= 11 is 1.22. The van der Waals surface area contributed by atoms with Gasteiger partial charge in [-0.25, -0.2) is 18.2 Å². The number of fused-ring (bicyclic) bond motifs is 4. The first-order valence-corrected chi connectivity index (χ1v) is 22.2. The number of amides is 5. The SMILES string of the molecule is COc1cccc(-c2csc(C(=O)N3C[C@H]4CN5C(=O)[C@@H](NC(=O)OCC(C)(C)C)CCCCC/C=C\[C@H]6C[C@@]6(C(=O)NS(=O)(=O)C6CC6)NC(=O)[C@@H]5[C@H]4C3)n2)c1. The van der Waals surface area contributed by atoms with E-state index < -0.39 is 68.5 Å². The quantitative estimate of drug-likeness (QED) is 0.330. The Morgan fingerprint density at radius 2 is 1.86 bits per heavy atom. The van der Waals surface area contributed by atoms with Crippen LogP contribution in [0.2, 0.25) is 0 Å². The molecule has 0 spiro atoms. The Hall–Kier alpha value is -4.51. The number of nitrogens with zero attached hydrogens (tertiary/aromatic N) is 3. The van der Waals surface area contributed by atoms with E-state index in [0.717, 1.165) is 18.4 Å². The van der Waals surface area contributed by atoms with Crippen molar-refractivity contribution in [2.75, 3.05) is 33.4 Å². The Morgan fingerprint density at radius 3 is 2.60 bits per heavy atom. The highest BCUT2D eigenvalue weighted by atomic mass is 32.2. The molecule has 3 aliphatic heterocycles. The zero-order valence-electron chi connectivity index (χ0n) is 32.8. The highest BCUT2D eigenvalue weighted by molar-refractivity contribution is 7.91. The molecule has 2 aliphatic carbocycles. The molecular formula is C40H52N6O9S2. The number of aromatic nitrogens is 1. The number of likely N-dealkylation sites (tertiary alicyclic amines) is 1. The highest BCUT2D eigenvalue weighted by Crippen LogP contribution is 2.47. The number of rotatable bonds is 8. The average molecular weight is 825 g/mol. The second kappa shape index (κ2) is 16.0. The third kappa shape index (κ3) is 8.98. The number of hydrogen-bond donors (Lipinski definition) is 3. The van der Waals surface area contributed by atoms with Gasteiger partial charge in [-0.2, -0.15) is 0 Å². The first-order valence-electron chi connectivity index (χ1n) is 19.8. The maximum atomic E-state index is 14.7. The van der Waals surface area contributed by atoms with E-state index in [4.69, 9.17) is 9.47 Å². The van der Waals surface area contributed by atoms with Gasteiger partial charge in [0, 0.05) is 48.3 Å². The predicted octanol–water partition coefficient (Wildman–Crippen LogP) is 3.86. The number of hydrogen-bond acceptors (Lipinski definition) is 11. The molecule has 5 amide bonds. The van der Waals surface area contributed by atoms with Crippen molar-refractivity contribution in [2.45, 2.75) is 95.0 Å². The van der Waals surface area contributed by atoms with Crippen LogP contribution < -0.4 is 20.1 Å². The summed E-state index contributed by atoms with van der Waals surface area (Å²) in [7, 11) is -2.34. The van der Waals surface area contributed by atoms with E-state index in [9.17, 15) is 32.4 Å². The average Bonchev–Trinajstić information content (AvgIpc) is 3.99. The molecule has 3 N–H and O–H groups in total. The van der Waals surface area contributed by atoms with Gasteiger partial charge in [0.15, 0.2) is 5.01 Å². The lowest BCUT2D eigenvalue weighted by atomic mass is 9.93. The smallest absolute Gasteiger partial charge is 0.407 e. The standard InChI is InChI=1S/C40H52N6O9S2/c1-39(2,3)23-55-38(51)42-30-14-9-7-5-6-8-12-26-18-40(26,37(50)44-57(52,53)28-15-16-28)43-33(47)32-29-21-45(19-25(29)20-46(32)35(30)48)36(49)34-41-31(22-56-34)24-11-10-13-27(17-24)54-4/h8,10-13,17,22,25-26,28-30,32H,5-7,9,14-16,18-21,23H2,1-4H3,(H,42,51)(H,43,47)(H,44,50)/b12-8-/t25-,26-,29-,30-,32-,40+/m0/s1. The number of alkyl carbamates (subject to hydrolysis) is 1. The minimum Gasteiger partial charge on any atom is -0.497 e. The van der Waals surface area contributed by atoms with Crippen molar-refractivity contribution < 1.29 is 41.9 Å². The van der Waals surface area contributed by atoms with E-state index in [0.29, 0.717) is 43.5 Å². The highest BCUT2D eigenvalue weighted by Gasteiger charge is 2.63. The molecule has 0 bridgehead atoms. The Morgan fingerprint density at radius 1 is 1.07 bits per heavy atom. The van der Waals surface area contributed by atoms with Gasteiger partial charge in [0.1, 0.15) is 23.4 Å². The van der Waals surface area contributed by atoms with Crippen molar-refractivity contribution in [3.05, 3.63) is 46.8 Å². The molecule has 2 saturated heterocycles. The van der Waals surface area contributed by atoms with Gasteiger partial charge in [-0.1, -0.05) is 57.9 Å². The van der Waals surface area contributed by atoms with Crippen LogP contribution in [0.25, 0.3) is 11.3 Å². The van der Waals surface area contributed by atoms with Crippen LogP contribution >= 0.6 is 11.3 Å². The van der Waals surface area contributed by atoms with Crippen LogP contribution in [0.1, 0.15) is 81.9 Å². The third-order valence-electron chi connectivity index (χ3n) is 11.5. The fraction of sp³-hybridized carbons (Fsp3) is 0.600. The predicted molar refractivity (Wildman–Crippen MR) is 212 cm³/mol.